The highest BCUT2D eigenvalue weighted by Gasteiger charge is 2.20. The fourth-order valence-electron chi connectivity index (χ4n) is 7.05. The summed E-state index contributed by atoms with van der Waals surface area (Å²) in [7, 11) is 0. The normalized spacial score (nSPS) is 16.9. The number of carbonyl (C=O) groups is 4. The van der Waals surface area contributed by atoms with Crippen molar-refractivity contribution >= 4 is 45.3 Å². The van der Waals surface area contributed by atoms with Gasteiger partial charge in [-0.05, 0) is 97.2 Å². The molecule has 0 aliphatic carbocycles. The molecule has 2 aliphatic rings. The van der Waals surface area contributed by atoms with Crippen LogP contribution >= 0.6 is 0 Å². The van der Waals surface area contributed by atoms with Gasteiger partial charge in [-0.1, -0.05) is 24.3 Å². The number of hydrogen-bond acceptors (Lipinski definition) is 10. The van der Waals surface area contributed by atoms with Crippen LogP contribution in [0.5, 0.6) is 0 Å². The molecule has 14 heteroatoms. The molecule has 2 aliphatic heterocycles. The third-order valence-corrected chi connectivity index (χ3v) is 9.82. The van der Waals surface area contributed by atoms with Gasteiger partial charge in [0.1, 0.15) is 29.2 Å². The first kappa shape index (κ1) is 38.2. The molecule has 56 heavy (non-hydrogen) atoms. The lowest BCUT2D eigenvalue weighted by Gasteiger charge is -2.23. The van der Waals surface area contributed by atoms with Gasteiger partial charge in [-0.25, -0.2) is 28.9 Å². The summed E-state index contributed by atoms with van der Waals surface area (Å²) in [5.74, 6) is -2.17. The molecular weight excluding hydrogens is 716 g/mol. The van der Waals surface area contributed by atoms with Crippen LogP contribution in [0, 0.1) is 0 Å². The molecule has 2 aromatic carbocycles. The Balaban J connectivity index is 0.000000172. The van der Waals surface area contributed by atoms with E-state index in [1.165, 1.54) is 24.5 Å². The average Bonchev–Trinajstić information content (AvgIpc) is 3.83. The maximum Gasteiger partial charge on any atom is 0.354 e. The van der Waals surface area contributed by atoms with E-state index in [9.17, 15) is 19.2 Å². The minimum Gasteiger partial charge on any atom is -0.477 e. The van der Waals surface area contributed by atoms with Gasteiger partial charge < -0.3 is 19.7 Å². The minimum absolute atomic E-state index is 0.0111. The van der Waals surface area contributed by atoms with Gasteiger partial charge in [0.25, 0.3) is 0 Å². The van der Waals surface area contributed by atoms with Crippen LogP contribution < -0.4 is 0 Å². The quantitative estimate of drug-likeness (QED) is 0.141. The van der Waals surface area contributed by atoms with E-state index >= 15 is 0 Å². The summed E-state index contributed by atoms with van der Waals surface area (Å²) < 4.78 is 15.4. The van der Waals surface area contributed by atoms with Gasteiger partial charge in [0.05, 0.1) is 17.2 Å². The van der Waals surface area contributed by atoms with E-state index in [0.717, 1.165) is 84.7 Å². The highest BCUT2D eigenvalue weighted by atomic mass is 16.5. The molecule has 0 spiro atoms. The standard InChI is InChI=1S/2C21H21N3O4/c25-17(10-15-6-7-22-18(11-15)21(26)27)9-14-4-5-16-13-23-24(19(16)12-14)20-3-1-2-8-28-20;25-17(10-15-6-7-22-19(12-15)21(26)27)9-14-4-5-16-13-24(23-18(16)11-14)20-3-1-2-8-28-20/h2*4-7,11-13,20H,1-3,8-10H2,(H,26,27). The molecule has 4 aromatic heterocycles. The molecule has 6 aromatic rings. The van der Waals surface area contributed by atoms with Crippen LogP contribution in [0.2, 0.25) is 0 Å². The van der Waals surface area contributed by atoms with E-state index in [1.807, 2.05) is 58.2 Å². The summed E-state index contributed by atoms with van der Waals surface area (Å²) in [4.78, 5) is 54.5. The van der Waals surface area contributed by atoms with E-state index in [1.54, 1.807) is 12.1 Å². The van der Waals surface area contributed by atoms with Gasteiger partial charge in [0, 0.05) is 68.3 Å². The van der Waals surface area contributed by atoms with Crippen LogP contribution in [-0.2, 0) is 44.7 Å². The highest BCUT2D eigenvalue weighted by Crippen LogP contribution is 2.27. The Kier molecular flexibility index (Phi) is 12.0. The van der Waals surface area contributed by atoms with E-state index in [2.05, 4.69) is 20.2 Å². The molecule has 14 nitrogen and oxygen atoms in total. The fourth-order valence-corrected chi connectivity index (χ4v) is 7.05. The second-order valence-electron chi connectivity index (χ2n) is 14.1. The SMILES string of the molecule is O=C(Cc1ccnc(C(=O)O)c1)Cc1ccc2cn(C3CCCCO3)nc2c1.O=C(Cc1ccnc(C(=O)O)c1)Cc1ccc2cnn(C3CCCCO3)c2c1. The molecule has 2 N–H and O–H groups in total. The molecule has 0 radical (unpaired) electrons. The molecular formula is C42H42N6O8. The summed E-state index contributed by atoms with van der Waals surface area (Å²) in [6, 6.07) is 18.0. The number of benzene rings is 2. The van der Waals surface area contributed by atoms with Crippen molar-refractivity contribution in [2.24, 2.45) is 0 Å². The van der Waals surface area contributed by atoms with Crippen LogP contribution in [0.1, 0.15) is 94.2 Å². The summed E-state index contributed by atoms with van der Waals surface area (Å²) in [6.45, 7) is 1.51. The zero-order valence-electron chi connectivity index (χ0n) is 30.8. The second kappa shape index (κ2) is 17.6. The predicted molar refractivity (Wildman–Crippen MR) is 204 cm³/mol. The molecule has 8 rings (SSSR count). The Morgan fingerprint density at radius 1 is 0.643 bits per heavy atom. The molecule has 2 atom stereocenters. The smallest absolute Gasteiger partial charge is 0.354 e. The number of aromatic carboxylic acids is 2. The highest BCUT2D eigenvalue weighted by molar-refractivity contribution is 5.89. The minimum atomic E-state index is -1.10. The molecule has 288 valence electrons. The number of carboxylic acids is 2. The molecule has 0 saturated carbocycles. The maximum absolute atomic E-state index is 12.5. The Morgan fingerprint density at radius 2 is 1.18 bits per heavy atom. The lowest BCUT2D eigenvalue weighted by atomic mass is 10.0. The lowest BCUT2D eigenvalue weighted by Crippen LogP contribution is -2.19. The van der Waals surface area contributed by atoms with Gasteiger partial charge in [0.15, 0.2) is 6.23 Å². The molecule has 2 fully saturated rings. The van der Waals surface area contributed by atoms with Gasteiger partial charge in [-0.2, -0.15) is 10.2 Å². The molecule has 2 saturated heterocycles. The van der Waals surface area contributed by atoms with Crippen LogP contribution in [0.3, 0.4) is 0 Å². The number of ether oxygens (including phenoxy) is 2. The third kappa shape index (κ3) is 9.57. The summed E-state index contributed by atoms with van der Waals surface area (Å²) >= 11 is 0. The predicted octanol–water partition coefficient (Wildman–Crippen LogP) is 6.37. The van der Waals surface area contributed by atoms with E-state index < -0.39 is 11.9 Å². The summed E-state index contributed by atoms with van der Waals surface area (Å²) in [5.41, 5.74) is 4.80. The maximum atomic E-state index is 12.5. The van der Waals surface area contributed by atoms with Crippen LogP contribution in [0.15, 0.2) is 85.5 Å². The third-order valence-electron chi connectivity index (χ3n) is 9.82. The lowest BCUT2D eigenvalue weighted by molar-refractivity contribution is -0.118. The number of ketones is 2. The number of hydrogen-bond donors (Lipinski definition) is 2. The zero-order chi connectivity index (χ0) is 39.0. The average molecular weight is 759 g/mol. The van der Waals surface area contributed by atoms with E-state index in [-0.39, 0.29) is 61.1 Å². The van der Waals surface area contributed by atoms with Crippen molar-refractivity contribution in [3.8, 4) is 0 Å². The van der Waals surface area contributed by atoms with Crippen molar-refractivity contribution in [2.45, 2.75) is 76.7 Å². The molecule has 0 bridgehead atoms. The van der Waals surface area contributed by atoms with Crippen molar-refractivity contribution in [1.29, 1.82) is 0 Å². The number of nitrogens with zero attached hydrogens (tertiary/aromatic N) is 6. The Hall–Kier alpha value is -6.12. The second-order valence-corrected chi connectivity index (χ2v) is 14.1. The monoisotopic (exact) mass is 758 g/mol. The Bertz CT molecular complexity index is 2370. The number of fused-ring (bicyclic) bond motifs is 2. The summed E-state index contributed by atoms with van der Waals surface area (Å²) in [5, 5.41) is 29.2. The fraction of sp³-hybridized carbons (Fsp3) is 0.333. The summed E-state index contributed by atoms with van der Waals surface area (Å²) in [6.07, 6.45) is 13.8. The Morgan fingerprint density at radius 3 is 1.73 bits per heavy atom. The van der Waals surface area contributed by atoms with Gasteiger partial charge in [-0.3, -0.25) is 9.59 Å². The van der Waals surface area contributed by atoms with Crippen LogP contribution in [0.25, 0.3) is 21.8 Å². The van der Waals surface area contributed by atoms with E-state index in [0.29, 0.717) is 11.1 Å². The topological polar surface area (TPSA) is 189 Å². The van der Waals surface area contributed by atoms with Crippen molar-refractivity contribution in [2.75, 3.05) is 13.2 Å². The number of Topliss-reactive ketones (excluding diaryl/α,β-unsaturated/α-hetero) is 2. The number of aromatic nitrogens is 6. The van der Waals surface area contributed by atoms with Crippen LogP contribution in [0.4, 0.5) is 0 Å². The Labute approximate surface area is 322 Å². The largest absolute Gasteiger partial charge is 0.477 e. The van der Waals surface area contributed by atoms with Gasteiger partial charge in [-0.15, -0.1) is 0 Å². The molecule has 6 heterocycles. The first-order valence-electron chi connectivity index (χ1n) is 18.8. The van der Waals surface area contributed by atoms with E-state index in [4.69, 9.17) is 19.7 Å². The van der Waals surface area contributed by atoms with Gasteiger partial charge in [0.2, 0.25) is 0 Å². The van der Waals surface area contributed by atoms with Crippen molar-refractivity contribution in [3.63, 3.8) is 0 Å². The number of rotatable bonds is 12. The zero-order valence-corrected chi connectivity index (χ0v) is 30.8. The molecule has 2 unspecified atom stereocenters. The first-order chi connectivity index (χ1) is 27.2. The van der Waals surface area contributed by atoms with Crippen molar-refractivity contribution in [3.05, 3.63) is 119 Å². The van der Waals surface area contributed by atoms with Crippen molar-refractivity contribution in [1.82, 2.24) is 29.5 Å². The van der Waals surface area contributed by atoms with Crippen molar-refractivity contribution < 1.29 is 38.9 Å². The number of carbonyl (C=O) groups excluding carboxylic acids is 2. The number of pyridine rings is 2. The van der Waals surface area contributed by atoms with Gasteiger partial charge >= 0.3 is 11.9 Å². The number of carboxylic acid groups (broad SMARTS) is 2. The molecule has 0 amide bonds. The first-order valence-corrected chi connectivity index (χ1v) is 18.8. The van der Waals surface area contributed by atoms with Crippen LogP contribution in [-0.4, -0.2) is 76.5 Å².